The van der Waals surface area contributed by atoms with Crippen molar-refractivity contribution in [2.75, 3.05) is 30.0 Å². The van der Waals surface area contributed by atoms with E-state index in [1.807, 2.05) is 13.8 Å². The average Bonchev–Trinajstić information content (AvgIpc) is 3.06. The summed E-state index contributed by atoms with van der Waals surface area (Å²) in [6, 6.07) is 4.16. The van der Waals surface area contributed by atoms with Gasteiger partial charge in [-0.1, -0.05) is 23.5 Å². The lowest BCUT2D eigenvalue weighted by atomic mass is 10.2. The van der Waals surface area contributed by atoms with Crippen molar-refractivity contribution in [2.45, 2.75) is 42.5 Å². The van der Waals surface area contributed by atoms with E-state index in [2.05, 4.69) is 15.5 Å². The molecule has 8 nitrogen and oxygen atoms in total. The van der Waals surface area contributed by atoms with Gasteiger partial charge in [0.1, 0.15) is 0 Å². The number of nitrogen functional groups attached to an aromatic ring is 1. The Hall–Kier alpha value is -2.41. The molecule has 1 atom stereocenters. The normalized spacial score (nSPS) is 12.5. The molecule has 0 aliphatic heterocycles. The van der Waals surface area contributed by atoms with Gasteiger partial charge in [0.25, 0.3) is 0 Å². The summed E-state index contributed by atoms with van der Waals surface area (Å²) in [5, 5.41) is 10.4. The Balaban J connectivity index is 1.94. The maximum Gasteiger partial charge on any atom is 0.416 e. The van der Waals surface area contributed by atoms with E-state index >= 15 is 0 Å². The molecule has 1 unspecified atom stereocenters. The van der Waals surface area contributed by atoms with Gasteiger partial charge in [-0.3, -0.25) is 9.59 Å². The Morgan fingerprint density at radius 3 is 2.29 bits per heavy atom. The molecule has 0 saturated heterocycles. The van der Waals surface area contributed by atoms with Gasteiger partial charge in [-0.15, -0.1) is 10.2 Å². The Labute approximate surface area is 186 Å². The zero-order valence-electron chi connectivity index (χ0n) is 17.1. The molecule has 0 aliphatic rings. The smallest absolute Gasteiger partial charge is 0.343 e. The van der Waals surface area contributed by atoms with Crippen LogP contribution in [0.4, 0.5) is 18.9 Å². The number of aromatic nitrogens is 3. The zero-order valence-corrected chi connectivity index (χ0v) is 18.8. The van der Waals surface area contributed by atoms with Gasteiger partial charge >= 0.3 is 6.18 Å². The number of nitrogens with one attached hydrogen (secondary N) is 1. The van der Waals surface area contributed by atoms with E-state index in [0.717, 1.165) is 35.7 Å². The molecule has 3 N–H and O–H groups in total. The maximum absolute atomic E-state index is 12.6. The minimum Gasteiger partial charge on any atom is -0.343 e. The minimum absolute atomic E-state index is 0.0449. The van der Waals surface area contributed by atoms with E-state index in [1.165, 1.54) is 16.8 Å². The summed E-state index contributed by atoms with van der Waals surface area (Å²) in [5.74, 6) is 5.66. The largest absolute Gasteiger partial charge is 0.416 e. The summed E-state index contributed by atoms with van der Waals surface area (Å²) in [6.07, 6.45) is -4.44. The molecule has 0 radical (unpaired) electrons. The fraction of sp³-hybridized carbons (Fsp3) is 0.444. The molecule has 2 rings (SSSR count). The Kier molecular flexibility index (Phi) is 8.62. The van der Waals surface area contributed by atoms with Crippen LogP contribution < -0.4 is 11.2 Å². The number of hydrogen-bond donors (Lipinski definition) is 2. The highest BCUT2D eigenvalue weighted by Gasteiger charge is 2.30. The van der Waals surface area contributed by atoms with Gasteiger partial charge in [0, 0.05) is 18.8 Å². The van der Waals surface area contributed by atoms with Gasteiger partial charge in [0.05, 0.1) is 16.6 Å². The zero-order chi connectivity index (χ0) is 23.2. The average molecular weight is 477 g/mol. The molecule has 0 spiro atoms. The molecule has 2 amide bonds. The number of nitrogens with two attached hydrogens (primary N) is 1. The van der Waals surface area contributed by atoms with Gasteiger partial charge in [-0.25, -0.2) is 4.68 Å². The molecule has 170 valence electrons. The van der Waals surface area contributed by atoms with Crippen LogP contribution in [0.15, 0.2) is 34.6 Å². The van der Waals surface area contributed by atoms with Gasteiger partial charge in [-0.05, 0) is 45.0 Å². The fourth-order valence-corrected chi connectivity index (χ4v) is 4.02. The lowest BCUT2D eigenvalue weighted by Crippen LogP contribution is -2.32. The predicted molar refractivity (Wildman–Crippen MR) is 114 cm³/mol. The predicted octanol–water partition coefficient (Wildman–Crippen LogP) is 3.09. The number of hydrogen-bond acceptors (Lipinski definition) is 7. The summed E-state index contributed by atoms with van der Waals surface area (Å²) in [5.41, 5.74) is -0.556. The number of amides is 2. The van der Waals surface area contributed by atoms with Crippen LogP contribution in [0.1, 0.15) is 26.3 Å². The molecule has 1 aromatic carbocycles. The summed E-state index contributed by atoms with van der Waals surface area (Å²) in [4.78, 5) is 26.2. The Morgan fingerprint density at radius 2 is 1.74 bits per heavy atom. The Bertz CT molecular complexity index is 901. The quantitative estimate of drug-likeness (QED) is 0.423. The summed E-state index contributed by atoms with van der Waals surface area (Å²) < 4.78 is 39.1. The van der Waals surface area contributed by atoms with Crippen LogP contribution in [0.25, 0.3) is 0 Å². The van der Waals surface area contributed by atoms with Gasteiger partial charge in [0.15, 0.2) is 0 Å². The van der Waals surface area contributed by atoms with Crippen molar-refractivity contribution in [3.05, 3.63) is 29.8 Å². The summed E-state index contributed by atoms with van der Waals surface area (Å²) >= 11 is 2.18. The second-order valence-electron chi connectivity index (χ2n) is 6.31. The topological polar surface area (TPSA) is 106 Å². The fourth-order valence-electron chi connectivity index (χ4n) is 2.43. The number of thioether (sulfide) groups is 2. The third kappa shape index (κ3) is 6.79. The van der Waals surface area contributed by atoms with Crippen molar-refractivity contribution in [2.24, 2.45) is 0 Å². The molecular formula is C18H23F3N6O2S2. The van der Waals surface area contributed by atoms with Crippen molar-refractivity contribution < 1.29 is 22.8 Å². The Morgan fingerprint density at radius 1 is 1.16 bits per heavy atom. The highest BCUT2D eigenvalue weighted by atomic mass is 32.2. The van der Waals surface area contributed by atoms with Crippen LogP contribution in [-0.2, 0) is 15.8 Å². The first-order chi connectivity index (χ1) is 14.6. The molecule has 0 saturated carbocycles. The van der Waals surface area contributed by atoms with Crippen molar-refractivity contribution in [1.82, 2.24) is 19.8 Å². The third-order valence-corrected chi connectivity index (χ3v) is 6.19. The van der Waals surface area contributed by atoms with E-state index in [1.54, 1.807) is 11.8 Å². The lowest BCUT2D eigenvalue weighted by Gasteiger charge is -2.17. The highest BCUT2D eigenvalue weighted by Crippen LogP contribution is 2.30. The number of anilines is 1. The van der Waals surface area contributed by atoms with Gasteiger partial charge < -0.3 is 16.1 Å². The first kappa shape index (κ1) is 24.9. The van der Waals surface area contributed by atoms with E-state index in [0.29, 0.717) is 18.2 Å². The van der Waals surface area contributed by atoms with E-state index in [9.17, 15) is 22.8 Å². The number of nitrogens with zero attached hydrogens (tertiary/aromatic N) is 4. The molecule has 1 heterocycles. The van der Waals surface area contributed by atoms with Gasteiger partial charge in [-0.2, -0.15) is 13.2 Å². The second-order valence-corrected chi connectivity index (χ2v) is 8.56. The SMILES string of the molecule is CCN(CC)C(=O)CSc1nnc(SC(C)C(=O)Nc2ccc(C(F)(F)F)cc2)n1N. The highest BCUT2D eigenvalue weighted by molar-refractivity contribution is 8.00. The second kappa shape index (κ2) is 10.8. The molecule has 0 bridgehead atoms. The number of rotatable bonds is 9. The van der Waals surface area contributed by atoms with Gasteiger partial charge in [0.2, 0.25) is 22.1 Å². The van der Waals surface area contributed by atoms with E-state index in [4.69, 9.17) is 5.84 Å². The summed E-state index contributed by atoms with van der Waals surface area (Å²) in [7, 11) is 0. The van der Waals surface area contributed by atoms with Crippen molar-refractivity contribution in [1.29, 1.82) is 0 Å². The molecular weight excluding hydrogens is 453 g/mol. The number of benzene rings is 1. The molecule has 0 fully saturated rings. The lowest BCUT2D eigenvalue weighted by molar-refractivity contribution is -0.137. The van der Waals surface area contributed by atoms with Crippen LogP contribution in [-0.4, -0.2) is 55.7 Å². The van der Waals surface area contributed by atoms with E-state index < -0.39 is 22.9 Å². The summed E-state index contributed by atoms with van der Waals surface area (Å²) in [6.45, 7) is 6.61. The van der Waals surface area contributed by atoms with Crippen LogP contribution in [0.5, 0.6) is 0 Å². The molecule has 2 aromatic rings. The third-order valence-electron chi connectivity index (χ3n) is 4.21. The standard InChI is InChI=1S/C18H23F3N6O2S2/c1-4-26(5-2)14(28)10-30-16-24-25-17(27(16)22)31-11(3)15(29)23-13-8-6-12(7-9-13)18(19,20)21/h6-9,11H,4-5,10,22H2,1-3H3,(H,23,29). The van der Waals surface area contributed by atoms with Crippen LogP contribution in [0.2, 0.25) is 0 Å². The molecule has 1 aromatic heterocycles. The number of halogens is 3. The van der Waals surface area contributed by atoms with Crippen molar-refractivity contribution in [3.8, 4) is 0 Å². The first-order valence-electron chi connectivity index (χ1n) is 9.32. The molecule has 13 heteroatoms. The first-order valence-corrected chi connectivity index (χ1v) is 11.2. The van der Waals surface area contributed by atoms with E-state index in [-0.39, 0.29) is 22.5 Å². The minimum atomic E-state index is -4.44. The van der Waals surface area contributed by atoms with Crippen molar-refractivity contribution >= 4 is 41.0 Å². The van der Waals surface area contributed by atoms with Crippen LogP contribution in [0, 0.1) is 0 Å². The van der Waals surface area contributed by atoms with Crippen LogP contribution >= 0.6 is 23.5 Å². The maximum atomic E-state index is 12.6. The monoisotopic (exact) mass is 476 g/mol. The number of carbonyl (C=O) groups is 2. The molecule has 31 heavy (non-hydrogen) atoms. The van der Waals surface area contributed by atoms with Crippen LogP contribution in [0.3, 0.4) is 0 Å². The molecule has 0 aliphatic carbocycles. The van der Waals surface area contributed by atoms with Crippen molar-refractivity contribution in [3.63, 3.8) is 0 Å². The number of alkyl halides is 3. The number of carbonyl (C=O) groups excluding carboxylic acids is 2.